The number of nitrogens with zero attached hydrogens (tertiary/aromatic N) is 3. The van der Waals surface area contributed by atoms with Crippen molar-refractivity contribution in [2.24, 2.45) is 0 Å². The third kappa shape index (κ3) is 13.3. The highest BCUT2D eigenvalue weighted by atomic mass is 35.5. The fourth-order valence-corrected chi connectivity index (χ4v) is 4.61. The molecule has 2 aromatic rings. The van der Waals surface area contributed by atoms with Crippen LogP contribution in [0.1, 0.15) is 120 Å². The van der Waals surface area contributed by atoms with Crippen molar-refractivity contribution in [3.63, 3.8) is 0 Å². The number of nitrogens with one attached hydrogen (secondary N) is 1. The Morgan fingerprint density at radius 2 is 1.47 bits per heavy atom. The van der Waals surface area contributed by atoms with Crippen LogP contribution in [0.5, 0.6) is 5.75 Å². The number of carbonyl (C=O) groups excluding carboxylic acids is 1. The summed E-state index contributed by atoms with van der Waals surface area (Å²) in [5, 5.41) is 18.1. The van der Waals surface area contributed by atoms with E-state index in [4.69, 9.17) is 16.3 Å². The lowest BCUT2D eigenvalue weighted by Crippen LogP contribution is -2.25. The van der Waals surface area contributed by atoms with Crippen LogP contribution in [0.4, 0.5) is 5.69 Å². The highest BCUT2D eigenvalue weighted by Gasteiger charge is 2.12. The van der Waals surface area contributed by atoms with E-state index in [1.54, 1.807) is 12.3 Å². The van der Waals surface area contributed by atoms with Crippen LogP contribution >= 0.6 is 11.6 Å². The molecule has 0 aliphatic carbocycles. The van der Waals surface area contributed by atoms with Crippen LogP contribution in [0, 0.1) is 10.1 Å². The largest absolute Gasteiger partial charge is 0.470 e. The van der Waals surface area contributed by atoms with Gasteiger partial charge in [0.2, 0.25) is 0 Å². The van der Waals surface area contributed by atoms with E-state index in [9.17, 15) is 14.9 Å². The zero-order valence-electron chi connectivity index (χ0n) is 23.0. The van der Waals surface area contributed by atoms with E-state index in [1.165, 1.54) is 113 Å². The molecular weight excluding hydrogens is 504 g/mol. The molecule has 1 heterocycles. The van der Waals surface area contributed by atoms with Crippen molar-refractivity contribution in [3.8, 4) is 5.75 Å². The Kier molecular flexibility index (Phi) is 16.2. The predicted octanol–water partition coefficient (Wildman–Crippen LogP) is 8.47. The van der Waals surface area contributed by atoms with Gasteiger partial charge in [-0.1, -0.05) is 115 Å². The first-order valence-corrected chi connectivity index (χ1v) is 14.8. The van der Waals surface area contributed by atoms with E-state index >= 15 is 0 Å². The third-order valence-electron chi connectivity index (χ3n) is 6.67. The molecule has 0 unspecified atom stereocenters. The number of ether oxygens (including phenoxy) is 1. The third-order valence-corrected chi connectivity index (χ3v) is 6.96. The number of unbranched alkanes of at least 4 members (excludes halogenated alkanes) is 15. The molecule has 0 atom stereocenters. The van der Waals surface area contributed by atoms with Gasteiger partial charge in [0.15, 0.2) is 6.73 Å². The van der Waals surface area contributed by atoms with Crippen molar-refractivity contribution >= 4 is 23.2 Å². The predicted molar refractivity (Wildman–Crippen MR) is 153 cm³/mol. The number of hydrogen-bond donors (Lipinski definition) is 1. The van der Waals surface area contributed by atoms with E-state index < -0.39 is 4.92 Å². The molecule has 0 bridgehead atoms. The Morgan fingerprint density at radius 1 is 0.921 bits per heavy atom. The van der Waals surface area contributed by atoms with Crippen LogP contribution in [0.2, 0.25) is 5.02 Å². The molecule has 0 fully saturated rings. The second-order valence-corrected chi connectivity index (χ2v) is 10.4. The lowest BCUT2D eigenvalue weighted by molar-refractivity contribution is -0.384. The van der Waals surface area contributed by atoms with Gasteiger partial charge in [0.05, 0.1) is 9.95 Å². The topological polar surface area (TPSA) is 99.3 Å². The Bertz CT molecular complexity index is 950. The van der Waals surface area contributed by atoms with Crippen LogP contribution in [-0.4, -0.2) is 27.2 Å². The van der Waals surface area contributed by atoms with Crippen molar-refractivity contribution < 1.29 is 14.5 Å². The van der Waals surface area contributed by atoms with E-state index in [1.807, 2.05) is 0 Å². The van der Waals surface area contributed by atoms with Crippen LogP contribution in [0.25, 0.3) is 0 Å². The summed E-state index contributed by atoms with van der Waals surface area (Å²) in [6.45, 7) is 2.94. The van der Waals surface area contributed by atoms with Crippen LogP contribution in [-0.2, 0) is 6.73 Å². The van der Waals surface area contributed by atoms with Crippen LogP contribution < -0.4 is 10.1 Å². The van der Waals surface area contributed by atoms with E-state index in [-0.39, 0.29) is 23.3 Å². The molecular formula is C29H45ClN4O4. The first-order chi connectivity index (χ1) is 18.5. The molecule has 0 aliphatic heterocycles. The number of benzene rings is 1. The summed E-state index contributed by atoms with van der Waals surface area (Å²) in [5.74, 6) is 0.0975. The van der Waals surface area contributed by atoms with Gasteiger partial charge in [0.1, 0.15) is 11.4 Å². The Morgan fingerprint density at radius 3 is 2.00 bits per heavy atom. The quantitative estimate of drug-likeness (QED) is 0.0903. The second kappa shape index (κ2) is 19.5. The SMILES string of the molecule is CCCCCCCCCCCCCCCCCCNC(=O)c1ccn(COc2ccc([N+](=O)[O-])cc2Cl)n1. The number of aromatic nitrogens is 2. The van der Waals surface area contributed by atoms with Crippen molar-refractivity contribution in [2.45, 2.75) is 116 Å². The zero-order valence-corrected chi connectivity index (χ0v) is 23.7. The van der Waals surface area contributed by atoms with Gasteiger partial charge in [-0.05, 0) is 18.6 Å². The number of halogens is 1. The second-order valence-electron chi connectivity index (χ2n) is 9.94. The number of nitro benzene ring substituents is 1. The van der Waals surface area contributed by atoms with Gasteiger partial charge in [0, 0.05) is 24.9 Å². The highest BCUT2D eigenvalue weighted by Crippen LogP contribution is 2.28. The molecule has 0 radical (unpaired) electrons. The van der Waals surface area contributed by atoms with Gasteiger partial charge >= 0.3 is 0 Å². The van der Waals surface area contributed by atoms with Gasteiger partial charge in [-0.2, -0.15) is 5.10 Å². The Balaban J connectivity index is 1.45. The molecule has 0 aliphatic rings. The van der Waals surface area contributed by atoms with Crippen LogP contribution in [0.15, 0.2) is 30.5 Å². The van der Waals surface area contributed by atoms with Crippen molar-refractivity contribution in [1.29, 1.82) is 0 Å². The van der Waals surface area contributed by atoms with Crippen molar-refractivity contribution in [3.05, 3.63) is 51.3 Å². The summed E-state index contributed by atoms with van der Waals surface area (Å²) in [4.78, 5) is 22.6. The number of non-ortho nitro benzene ring substituents is 1. The lowest BCUT2D eigenvalue weighted by Gasteiger charge is -2.08. The summed E-state index contributed by atoms with van der Waals surface area (Å²) >= 11 is 6.03. The van der Waals surface area contributed by atoms with Gasteiger partial charge in [0.25, 0.3) is 11.6 Å². The first kappa shape index (κ1) is 31.6. The maximum atomic E-state index is 12.3. The average Bonchev–Trinajstić information content (AvgIpc) is 3.39. The van der Waals surface area contributed by atoms with Crippen molar-refractivity contribution in [1.82, 2.24) is 15.1 Å². The number of nitro groups is 1. The fourth-order valence-electron chi connectivity index (χ4n) is 4.38. The molecule has 38 heavy (non-hydrogen) atoms. The van der Waals surface area contributed by atoms with E-state index in [2.05, 4.69) is 17.3 Å². The maximum Gasteiger partial charge on any atom is 0.271 e. The molecule has 0 spiro atoms. The number of rotatable bonds is 22. The van der Waals surface area contributed by atoms with E-state index in [0.29, 0.717) is 18.0 Å². The molecule has 1 amide bonds. The molecule has 1 aromatic carbocycles. The molecule has 2 rings (SSSR count). The zero-order chi connectivity index (χ0) is 27.4. The first-order valence-electron chi connectivity index (χ1n) is 14.4. The average molecular weight is 549 g/mol. The molecule has 9 heteroatoms. The monoisotopic (exact) mass is 548 g/mol. The molecule has 212 valence electrons. The van der Waals surface area contributed by atoms with Gasteiger partial charge in [-0.15, -0.1) is 0 Å². The standard InChI is InChI=1S/C29H45ClN4O4/c1-2-3-4-5-6-7-8-9-10-11-12-13-14-15-16-17-21-31-29(35)27-20-22-33(32-27)24-38-28-19-18-25(34(36)37)23-26(28)30/h18-20,22-23H,2-17,21,24H2,1H3,(H,31,35). The number of hydrogen-bond acceptors (Lipinski definition) is 5. The molecule has 0 saturated carbocycles. The smallest absolute Gasteiger partial charge is 0.271 e. The van der Waals surface area contributed by atoms with E-state index in [0.717, 1.165) is 12.8 Å². The number of amides is 1. The summed E-state index contributed by atoms with van der Waals surface area (Å²) in [7, 11) is 0. The summed E-state index contributed by atoms with van der Waals surface area (Å²) < 4.78 is 7.04. The minimum Gasteiger partial charge on any atom is -0.470 e. The van der Waals surface area contributed by atoms with Gasteiger partial charge in [-0.25, -0.2) is 4.68 Å². The Hall–Kier alpha value is -2.61. The Labute approximate surface area is 232 Å². The normalized spacial score (nSPS) is 11.0. The molecule has 1 aromatic heterocycles. The van der Waals surface area contributed by atoms with Crippen LogP contribution in [0.3, 0.4) is 0 Å². The summed E-state index contributed by atoms with van der Waals surface area (Å²) in [6, 6.07) is 5.62. The summed E-state index contributed by atoms with van der Waals surface area (Å²) in [5.41, 5.74) is 0.213. The number of carbonyl (C=O) groups is 1. The minimum atomic E-state index is -0.520. The molecule has 0 saturated heterocycles. The fraction of sp³-hybridized carbons (Fsp3) is 0.655. The highest BCUT2D eigenvalue weighted by molar-refractivity contribution is 6.32. The minimum absolute atomic E-state index is 0.0317. The molecule has 1 N–H and O–H groups in total. The lowest BCUT2D eigenvalue weighted by atomic mass is 10.0. The van der Waals surface area contributed by atoms with Gasteiger partial charge in [-0.3, -0.25) is 14.9 Å². The maximum absolute atomic E-state index is 12.3. The summed E-state index contributed by atoms with van der Waals surface area (Å²) in [6.07, 6.45) is 22.8. The molecule has 8 nitrogen and oxygen atoms in total. The van der Waals surface area contributed by atoms with Crippen molar-refractivity contribution in [2.75, 3.05) is 6.54 Å². The van der Waals surface area contributed by atoms with Gasteiger partial charge < -0.3 is 10.1 Å².